The second-order valence-corrected chi connectivity index (χ2v) is 5.54. The third kappa shape index (κ3) is 3.97. The summed E-state index contributed by atoms with van der Waals surface area (Å²) in [6.45, 7) is 4.18. The zero-order chi connectivity index (χ0) is 19.3. The van der Waals surface area contributed by atoms with Crippen LogP contribution < -0.4 is 0 Å². The number of amides is 1. The highest BCUT2D eigenvalue weighted by atomic mass is 16.6. The Morgan fingerprint density at radius 1 is 1.31 bits per heavy atom. The lowest BCUT2D eigenvalue weighted by molar-refractivity contribution is -0.384. The van der Waals surface area contributed by atoms with E-state index in [0.29, 0.717) is 24.4 Å². The first-order chi connectivity index (χ1) is 12.4. The van der Waals surface area contributed by atoms with E-state index in [1.165, 1.54) is 42.4 Å². The topological polar surface area (TPSA) is 99.0 Å². The molecule has 0 radical (unpaired) electrons. The Bertz CT molecular complexity index is 779. The van der Waals surface area contributed by atoms with Crippen LogP contribution in [-0.4, -0.2) is 48.6 Å². The highest BCUT2D eigenvalue weighted by molar-refractivity contribution is 6.16. The summed E-state index contributed by atoms with van der Waals surface area (Å²) in [5.41, 5.74) is 1.42. The Morgan fingerprint density at radius 2 is 1.96 bits per heavy atom. The summed E-state index contributed by atoms with van der Waals surface area (Å²) >= 11 is 0. The number of hydrogen-bond donors (Lipinski definition) is 0. The first-order valence-electron chi connectivity index (χ1n) is 8.06. The minimum absolute atomic E-state index is 0.0519. The van der Waals surface area contributed by atoms with Crippen LogP contribution in [0.15, 0.2) is 41.1 Å². The molecule has 1 heterocycles. The van der Waals surface area contributed by atoms with Crippen molar-refractivity contribution < 1.29 is 24.0 Å². The van der Waals surface area contributed by atoms with Gasteiger partial charge in [0.1, 0.15) is 0 Å². The molecule has 0 saturated carbocycles. The molecule has 0 unspecified atom stereocenters. The lowest BCUT2D eigenvalue weighted by Crippen LogP contribution is -2.28. The highest BCUT2D eigenvalue weighted by Gasteiger charge is 2.36. The molecule has 0 saturated heterocycles. The lowest BCUT2D eigenvalue weighted by Gasteiger charge is -2.16. The fourth-order valence-electron chi connectivity index (χ4n) is 2.64. The molecule has 1 amide bonds. The molecule has 1 aromatic rings. The molecule has 0 aromatic heterocycles. The minimum atomic E-state index is -0.577. The Kier molecular flexibility index (Phi) is 6.24. The minimum Gasteiger partial charge on any atom is -0.462 e. The monoisotopic (exact) mass is 360 g/mol. The van der Waals surface area contributed by atoms with Crippen LogP contribution in [-0.2, 0) is 19.1 Å². The van der Waals surface area contributed by atoms with E-state index >= 15 is 0 Å². The number of nitrogens with zero attached hydrogens (tertiary/aromatic N) is 2. The molecule has 8 heteroatoms. The van der Waals surface area contributed by atoms with Gasteiger partial charge in [0, 0.05) is 31.5 Å². The Morgan fingerprint density at radius 3 is 2.50 bits per heavy atom. The van der Waals surface area contributed by atoms with Crippen molar-refractivity contribution in [1.82, 2.24) is 4.90 Å². The van der Waals surface area contributed by atoms with Gasteiger partial charge in [0.2, 0.25) is 0 Å². The first kappa shape index (κ1) is 19.3. The summed E-state index contributed by atoms with van der Waals surface area (Å²) in [5, 5.41) is 10.8. The zero-order valence-electron chi connectivity index (χ0n) is 14.9. The number of carbonyl (C=O) groups excluding carboxylic acids is 2. The van der Waals surface area contributed by atoms with Crippen LogP contribution in [0.5, 0.6) is 0 Å². The van der Waals surface area contributed by atoms with Crippen molar-refractivity contribution in [3.8, 4) is 0 Å². The number of hydrogen-bond acceptors (Lipinski definition) is 6. The molecule has 1 aliphatic rings. The van der Waals surface area contributed by atoms with Gasteiger partial charge in [-0.15, -0.1) is 0 Å². The Hall–Kier alpha value is -3.00. The molecule has 0 spiro atoms. The van der Waals surface area contributed by atoms with Gasteiger partial charge in [-0.3, -0.25) is 14.9 Å². The van der Waals surface area contributed by atoms with E-state index in [1.54, 1.807) is 13.8 Å². The maximum atomic E-state index is 12.8. The van der Waals surface area contributed by atoms with E-state index in [-0.39, 0.29) is 29.3 Å². The summed E-state index contributed by atoms with van der Waals surface area (Å²) in [5.74, 6) is -0.910. The molecular weight excluding hydrogens is 340 g/mol. The number of benzene rings is 1. The molecule has 26 heavy (non-hydrogen) atoms. The van der Waals surface area contributed by atoms with E-state index in [0.717, 1.165) is 0 Å². The molecule has 0 fully saturated rings. The average Bonchev–Trinajstić information content (AvgIpc) is 2.84. The number of non-ortho nitro benzene ring substituents is 1. The molecule has 138 valence electrons. The zero-order valence-corrected chi connectivity index (χ0v) is 14.9. The van der Waals surface area contributed by atoms with Gasteiger partial charge in [-0.1, -0.05) is 0 Å². The van der Waals surface area contributed by atoms with Gasteiger partial charge >= 0.3 is 5.97 Å². The Balaban J connectivity index is 2.44. The van der Waals surface area contributed by atoms with Crippen LogP contribution in [0, 0.1) is 10.1 Å². The van der Waals surface area contributed by atoms with Crippen LogP contribution in [0.3, 0.4) is 0 Å². The largest absolute Gasteiger partial charge is 0.462 e. The van der Waals surface area contributed by atoms with Crippen molar-refractivity contribution >= 4 is 23.6 Å². The summed E-state index contributed by atoms with van der Waals surface area (Å²) in [4.78, 5) is 36.8. The number of nitro groups is 1. The second-order valence-electron chi connectivity index (χ2n) is 5.54. The van der Waals surface area contributed by atoms with Crippen LogP contribution in [0.1, 0.15) is 19.4 Å². The van der Waals surface area contributed by atoms with E-state index in [4.69, 9.17) is 9.47 Å². The van der Waals surface area contributed by atoms with Crippen molar-refractivity contribution in [2.24, 2.45) is 0 Å². The van der Waals surface area contributed by atoms with Crippen LogP contribution in [0.4, 0.5) is 5.69 Å². The van der Waals surface area contributed by atoms with Gasteiger partial charge in [0.15, 0.2) is 0 Å². The number of methoxy groups -OCH3 is 1. The first-order valence-corrected chi connectivity index (χ1v) is 8.06. The molecule has 0 N–H and O–H groups in total. The number of allylic oxidation sites excluding steroid dienone is 1. The molecule has 0 atom stereocenters. The third-order valence-corrected chi connectivity index (χ3v) is 3.93. The van der Waals surface area contributed by atoms with Crippen LogP contribution in [0.2, 0.25) is 0 Å². The summed E-state index contributed by atoms with van der Waals surface area (Å²) < 4.78 is 10.1. The summed E-state index contributed by atoms with van der Waals surface area (Å²) in [7, 11) is 1.53. The van der Waals surface area contributed by atoms with Crippen LogP contribution in [0.25, 0.3) is 6.08 Å². The predicted molar refractivity (Wildman–Crippen MR) is 94.0 cm³/mol. The molecule has 8 nitrogen and oxygen atoms in total. The maximum Gasteiger partial charge on any atom is 0.340 e. The summed E-state index contributed by atoms with van der Waals surface area (Å²) in [6.07, 6.45) is 1.54. The van der Waals surface area contributed by atoms with Gasteiger partial charge in [-0.2, -0.15) is 0 Å². The number of carbonyl (C=O) groups is 2. The smallest absolute Gasteiger partial charge is 0.340 e. The fourth-order valence-corrected chi connectivity index (χ4v) is 2.64. The number of esters is 1. The second kappa shape index (κ2) is 8.39. The third-order valence-electron chi connectivity index (χ3n) is 3.93. The van der Waals surface area contributed by atoms with Gasteiger partial charge in [-0.25, -0.2) is 4.79 Å². The maximum absolute atomic E-state index is 12.8. The Labute approximate surface area is 150 Å². The van der Waals surface area contributed by atoms with Crippen molar-refractivity contribution in [2.75, 3.05) is 26.9 Å². The average molecular weight is 360 g/mol. The fraction of sp³-hybridized carbons (Fsp3) is 0.333. The quantitative estimate of drug-likeness (QED) is 0.320. The van der Waals surface area contributed by atoms with Crippen molar-refractivity contribution in [2.45, 2.75) is 13.8 Å². The highest BCUT2D eigenvalue weighted by Crippen LogP contribution is 2.31. The summed E-state index contributed by atoms with van der Waals surface area (Å²) in [6, 6.07) is 5.73. The number of ether oxygens (including phenoxy) is 2. The standard InChI is InChI=1S/C18H20N2O6/c1-4-26-18(22)16-12(2)19(9-10-25-3)17(21)15(16)11-13-5-7-14(8-6-13)20(23)24/h5-8,11H,4,9-10H2,1-3H3. The van der Waals surface area contributed by atoms with E-state index < -0.39 is 10.9 Å². The van der Waals surface area contributed by atoms with E-state index in [2.05, 4.69) is 0 Å². The molecule has 1 aromatic carbocycles. The molecule has 0 bridgehead atoms. The normalized spacial score (nSPS) is 15.7. The SMILES string of the molecule is CCOC(=O)C1=C(C)N(CCOC)C(=O)C1=Cc1ccc([N+](=O)[O-])cc1. The van der Waals surface area contributed by atoms with Gasteiger partial charge in [0.25, 0.3) is 11.6 Å². The molecule has 2 rings (SSSR count). The van der Waals surface area contributed by atoms with Crippen molar-refractivity contribution in [1.29, 1.82) is 0 Å². The van der Waals surface area contributed by atoms with Gasteiger partial charge < -0.3 is 14.4 Å². The van der Waals surface area contributed by atoms with Crippen molar-refractivity contribution in [3.05, 3.63) is 56.8 Å². The molecule has 0 aliphatic carbocycles. The van der Waals surface area contributed by atoms with Crippen LogP contribution >= 0.6 is 0 Å². The molecular formula is C18H20N2O6. The van der Waals surface area contributed by atoms with Gasteiger partial charge in [-0.05, 0) is 37.6 Å². The van der Waals surface area contributed by atoms with E-state index in [1.807, 2.05) is 0 Å². The molecule has 1 aliphatic heterocycles. The lowest BCUT2D eigenvalue weighted by atomic mass is 10.0. The van der Waals surface area contributed by atoms with E-state index in [9.17, 15) is 19.7 Å². The number of rotatable bonds is 7. The number of nitro benzene ring substituents is 1. The van der Waals surface area contributed by atoms with Gasteiger partial charge in [0.05, 0.1) is 29.3 Å². The van der Waals surface area contributed by atoms with Crippen molar-refractivity contribution in [3.63, 3.8) is 0 Å². The predicted octanol–water partition coefficient (Wildman–Crippen LogP) is 2.30.